The van der Waals surface area contributed by atoms with Gasteiger partial charge in [0.05, 0.1) is 0 Å². The molecule has 2 N–H and O–H groups in total. The van der Waals surface area contributed by atoms with Gasteiger partial charge in [0.25, 0.3) is 0 Å². The summed E-state index contributed by atoms with van der Waals surface area (Å²) in [5, 5.41) is 12.2. The molecule has 1 aromatic carbocycles. The number of aliphatic carboxylic acids is 1. The highest BCUT2D eigenvalue weighted by atomic mass is 32.2. The molecule has 1 rings (SSSR count). The molecule has 0 amide bonds. The molecule has 0 radical (unpaired) electrons. The molecule has 0 saturated carbocycles. The lowest BCUT2D eigenvalue weighted by Crippen LogP contribution is -2.34. The third kappa shape index (κ3) is 3.17. The zero-order chi connectivity index (χ0) is 12.1. The average molecular weight is 239 g/mol. The first kappa shape index (κ1) is 12.9. The summed E-state index contributed by atoms with van der Waals surface area (Å²) in [6.45, 7) is 3.79. The molecule has 88 valence electrons. The Morgan fingerprint density at radius 3 is 2.50 bits per heavy atom. The SMILES string of the molecule is CSc1ccccc1NC(C(=O)O)C(C)C. The number of carboxylic acid groups (broad SMARTS) is 1. The fourth-order valence-corrected chi connectivity index (χ4v) is 2.01. The largest absolute Gasteiger partial charge is 0.480 e. The maximum atomic E-state index is 11.1. The molecule has 0 heterocycles. The molecule has 3 nitrogen and oxygen atoms in total. The molecule has 0 fully saturated rings. The van der Waals surface area contributed by atoms with Crippen LogP contribution in [0, 0.1) is 5.92 Å². The summed E-state index contributed by atoms with van der Waals surface area (Å²) in [5.41, 5.74) is 0.885. The van der Waals surface area contributed by atoms with Crippen LogP contribution in [0.2, 0.25) is 0 Å². The van der Waals surface area contributed by atoms with Crippen molar-refractivity contribution in [3.05, 3.63) is 24.3 Å². The minimum absolute atomic E-state index is 0.0485. The van der Waals surface area contributed by atoms with E-state index in [4.69, 9.17) is 5.11 Å². The summed E-state index contributed by atoms with van der Waals surface area (Å²) in [5.74, 6) is -0.765. The number of anilines is 1. The first-order chi connectivity index (χ1) is 7.56. The molecular weight excluding hydrogens is 222 g/mol. The first-order valence-corrected chi connectivity index (χ1v) is 6.41. The first-order valence-electron chi connectivity index (χ1n) is 5.18. The van der Waals surface area contributed by atoms with Crippen LogP contribution >= 0.6 is 11.8 Å². The summed E-state index contributed by atoms with van der Waals surface area (Å²) in [4.78, 5) is 12.1. The minimum Gasteiger partial charge on any atom is -0.480 e. The molecule has 0 saturated heterocycles. The Kier molecular flexibility index (Phi) is 4.68. The Morgan fingerprint density at radius 1 is 1.38 bits per heavy atom. The van der Waals surface area contributed by atoms with Gasteiger partial charge in [-0.2, -0.15) is 0 Å². The molecule has 1 atom stereocenters. The van der Waals surface area contributed by atoms with Crippen molar-refractivity contribution in [3.63, 3.8) is 0 Å². The second kappa shape index (κ2) is 5.80. The number of benzene rings is 1. The van der Waals surface area contributed by atoms with Gasteiger partial charge in [-0.25, -0.2) is 4.79 Å². The lowest BCUT2D eigenvalue weighted by atomic mass is 10.0. The quantitative estimate of drug-likeness (QED) is 0.776. The van der Waals surface area contributed by atoms with E-state index in [9.17, 15) is 4.79 Å². The van der Waals surface area contributed by atoms with E-state index in [0.29, 0.717) is 0 Å². The van der Waals surface area contributed by atoms with E-state index < -0.39 is 12.0 Å². The van der Waals surface area contributed by atoms with Crippen molar-refractivity contribution >= 4 is 23.4 Å². The number of hydrogen-bond acceptors (Lipinski definition) is 3. The van der Waals surface area contributed by atoms with Crippen LogP contribution in [0.25, 0.3) is 0 Å². The monoisotopic (exact) mass is 239 g/mol. The summed E-state index contributed by atoms with van der Waals surface area (Å²) in [7, 11) is 0. The van der Waals surface area contributed by atoms with E-state index in [0.717, 1.165) is 10.6 Å². The second-order valence-electron chi connectivity index (χ2n) is 3.90. The Bertz CT molecular complexity index is 366. The summed E-state index contributed by atoms with van der Waals surface area (Å²) in [6, 6.07) is 7.19. The van der Waals surface area contributed by atoms with Crippen molar-refractivity contribution in [2.45, 2.75) is 24.8 Å². The molecule has 0 aliphatic rings. The summed E-state index contributed by atoms with van der Waals surface area (Å²) >= 11 is 1.61. The fraction of sp³-hybridized carbons (Fsp3) is 0.417. The number of para-hydroxylation sites is 1. The number of carboxylic acids is 1. The van der Waals surface area contributed by atoms with Crippen LogP contribution in [0.5, 0.6) is 0 Å². The molecular formula is C12H17NO2S. The van der Waals surface area contributed by atoms with Crippen LogP contribution in [-0.4, -0.2) is 23.4 Å². The molecule has 0 bridgehead atoms. The lowest BCUT2D eigenvalue weighted by Gasteiger charge is -2.20. The zero-order valence-corrected chi connectivity index (χ0v) is 10.5. The molecule has 0 aliphatic heterocycles. The second-order valence-corrected chi connectivity index (χ2v) is 4.75. The van der Waals surface area contributed by atoms with E-state index >= 15 is 0 Å². The molecule has 1 aromatic rings. The molecule has 4 heteroatoms. The fourth-order valence-electron chi connectivity index (χ4n) is 1.44. The van der Waals surface area contributed by atoms with Crippen LogP contribution in [0.4, 0.5) is 5.69 Å². The van der Waals surface area contributed by atoms with Crippen molar-refractivity contribution in [1.29, 1.82) is 0 Å². The third-order valence-electron chi connectivity index (χ3n) is 2.35. The third-order valence-corrected chi connectivity index (χ3v) is 3.15. The number of hydrogen-bond donors (Lipinski definition) is 2. The number of carbonyl (C=O) groups is 1. The van der Waals surface area contributed by atoms with Gasteiger partial charge in [0, 0.05) is 10.6 Å². The molecule has 0 aromatic heterocycles. The lowest BCUT2D eigenvalue weighted by molar-refractivity contribution is -0.138. The van der Waals surface area contributed by atoms with Crippen LogP contribution in [0.15, 0.2) is 29.2 Å². The highest BCUT2D eigenvalue weighted by Gasteiger charge is 2.21. The summed E-state index contributed by atoms with van der Waals surface area (Å²) < 4.78 is 0. The number of rotatable bonds is 5. The van der Waals surface area contributed by atoms with Crippen LogP contribution in [0.1, 0.15) is 13.8 Å². The van der Waals surface area contributed by atoms with E-state index in [2.05, 4.69) is 5.32 Å². The van der Waals surface area contributed by atoms with Crippen molar-refractivity contribution < 1.29 is 9.90 Å². The predicted octanol–water partition coefficient (Wildman–Crippen LogP) is 2.93. The number of thioether (sulfide) groups is 1. The topological polar surface area (TPSA) is 49.3 Å². The van der Waals surface area contributed by atoms with Gasteiger partial charge in [0.2, 0.25) is 0 Å². The van der Waals surface area contributed by atoms with Crippen LogP contribution in [0.3, 0.4) is 0 Å². The van der Waals surface area contributed by atoms with E-state index in [1.54, 1.807) is 11.8 Å². The molecule has 16 heavy (non-hydrogen) atoms. The van der Waals surface area contributed by atoms with Gasteiger partial charge in [-0.05, 0) is 24.3 Å². The van der Waals surface area contributed by atoms with Crippen LogP contribution in [-0.2, 0) is 4.79 Å². The van der Waals surface area contributed by atoms with Gasteiger partial charge in [0.15, 0.2) is 0 Å². The van der Waals surface area contributed by atoms with E-state index in [1.165, 1.54) is 0 Å². The molecule has 1 unspecified atom stereocenters. The summed E-state index contributed by atoms with van der Waals surface area (Å²) in [6.07, 6.45) is 1.98. The maximum absolute atomic E-state index is 11.1. The van der Waals surface area contributed by atoms with Gasteiger partial charge >= 0.3 is 5.97 Å². The highest BCUT2D eigenvalue weighted by Crippen LogP contribution is 2.26. The normalized spacial score (nSPS) is 12.5. The van der Waals surface area contributed by atoms with Crippen molar-refractivity contribution in [1.82, 2.24) is 0 Å². The predicted molar refractivity (Wildman–Crippen MR) is 68.1 cm³/mol. The Labute approximate surface area is 100 Å². The maximum Gasteiger partial charge on any atom is 0.326 e. The minimum atomic E-state index is -0.814. The zero-order valence-electron chi connectivity index (χ0n) is 9.73. The highest BCUT2D eigenvalue weighted by molar-refractivity contribution is 7.98. The van der Waals surface area contributed by atoms with Crippen LogP contribution < -0.4 is 5.32 Å². The Hall–Kier alpha value is -1.16. The van der Waals surface area contributed by atoms with Gasteiger partial charge in [-0.15, -0.1) is 11.8 Å². The van der Waals surface area contributed by atoms with Gasteiger partial charge in [-0.1, -0.05) is 26.0 Å². The average Bonchev–Trinajstić information content (AvgIpc) is 2.25. The molecule has 0 spiro atoms. The van der Waals surface area contributed by atoms with Crippen molar-refractivity contribution in [2.75, 3.05) is 11.6 Å². The smallest absolute Gasteiger partial charge is 0.326 e. The molecule has 0 aliphatic carbocycles. The van der Waals surface area contributed by atoms with Gasteiger partial charge < -0.3 is 10.4 Å². The van der Waals surface area contributed by atoms with Crippen molar-refractivity contribution in [3.8, 4) is 0 Å². The van der Waals surface area contributed by atoms with Gasteiger partial charge in [0.1, 0.15) is 6.04 Å². The standard InChI is InChI=1S/C12H17NO2S/c1-8(2)11(12(14)15)13-9-6-4-5-7-10(9)16-3/h4-8,11,13H,1-3H3,(H,14,15). The van der Waals surface area contributed by atoms with E-state index in [-0.39, 0.29) is 5.92 Å². The Morgan fingerprint density at radius 2 is 2.00 bits per heavy atom. The van der Waals surface area contributed by atoms with Gasteiger partial charge in [-0.3, -0.25) is 0 Å². The number of nitrogens with one attached hydrogen (secondary N) is 1. The van der Waals surface area contributed by atoms with Crippen molar-refractivity contribution in [2.24, 2.45) is 5.92 Å². The van der Waals surface area contributed by atoms with E-state index in [1.807, 2.05) is 44.4 Å². The Balaban J connectivity index is 2.89.